The molecular formula is C24H28N2O6. The summed E-state index contributed by atoms with van der Waals surface area (Å²) in [6.07, 6.45) is -1.46. The van der Waals surface area contributed by atoms with E-state index in [0.717, 1.165) is 11.1 Å². The van der Waals surface area contributed by atoms with E-state index in [1.54, 1.807) is 0 Å². The maximum Gasteiger partial charge on any atom is 0.323 e. The Bertz CT molecular complexity index is 834. The smallest absolute Gasteiger partial charge is 0.323 e. The largest absolute Gasteiger partial charge is 0.456 e. The molecule has 0 spiro atoms. The number of hydrogen-bond donors (Lipinski definition) is 2. The molecule has 0 radical (unpaired) electrons. The lowest BCUT2D eigenvalue weighted by molar-refractivity contribution is -0.156. The van der Waals surface area contributed by atoms with Crippen molar-refractivity contribution in [2.45, 2.75) is 49.3 Å². The van der Waals surface area contributed by atoms with E-state index < -0.39 is 48.4 Å². The van der Waals surface area contributed by atoms with Gasteiger partial charge in [-0.05, 0) is 24.0 Å². The number of fused-ring (bicyclic) bond motifs is 1. The van der Waals surface area contributed by atoms with E-state index in [1.807, 2.05) is 60.7 Å². The van der Waals surface area contributed by atoms with Crippen LogP contribution in [-0.4, -0.2) is 61.7 Å². The van der Waals surface area contributed by atoms with Crippen molar-refractivity contribution in [3.05, 3.63) is 71.8 Å². The summed E-state index contributed by atoms with van der Waals surface area (Å²) in [6, 6.07) is 17.4. The van der Waals surface area contributed by atoms with Crippen molar-refractivity contribution in [3.63, 3.8) is 0 Å². The van der Waals surface area contributed by atoms with Gasteiger partial charge in [-0.15, -0.1) is 0 Å². The van der Waals surface area contributed by atoms with Gasteiger partial charge in [-0.1, -0.05) is 60.7 Å². The van der Waals surface area contributed by atoms with Crippen LogP contribution in [0.1, 0.15) is 11.1 Å². The minimum atomic E-state index is -0.789. The molecule has 4 rings (SSSR count). The Kier molecular flexibility index (Phi) is 7.16. The van der Waals surface area contributed by atoms with Gasteiger partial charge in [-0.25, -0.2) is 0 Å². The maximum absolute atomic E-state index is 12.5. The highest BCUT2D eigenvalue weighted by Crippen LogP contribution is 2.31. The van der Waals surface area contributed by atoms with Crippen molar-refractivity contribution >= 4 is 11.9 Å². The molecule has 0 amide bonds. The molecule has 0 saturated carbocycles. The highest BCUT2D eigenvalue weighted by molar-refractivity contribution is 5.76. The first-order valence-corrected chi connectivity index (χ1v) is 10.7. The minimum absolute atomic E-state index is 0.156. The molecule has 2 saturated heterocycles. The fourth-order valence-electron chi connectivity index (χ4n) is 4.01. The van der Waals surface area contributed by atoms with Crippen LogP contribution in [0.25, 0.3) is 0 Å². The van der Waals surface area contributed by atoms with E-state index in [2.05, 4.69) is 0 Å². The van der Waals surface area contributed by atoms with Crippen LogP contribution in [0.4, 0.5) is 0 Å². The Balaban J connectivity index is 1.26. The van der Waals surface area contributed by atoms with Gasteiger partial charge in [0.2, 0.25) is 0 Å². The minimum Gasteiger partial charge on any atom is -0.456 e. The molecule has 0 aliphatic carbocycles. The molecule has 2 aliphatic heterocycles. The molecule has 2 aromatic carbocycles. The molecule has 170 valence electrons. The van der Waals surface area contributed by atoms with Crippen LogP contribution in [-0.2, 0) is 41.4 Å². The van der Waals surface area contributed by atoms with Gasteiger partial charge >= 0.3 is 11.9 Å². The monoisotopic (exact) mass is 440 g/mol. The third-order valence-corrected chi connectivity index (χ3v) is 5.70. The van der Waals surface area contributed by atoms with Crippen molar-refractivity contribution in [1.29, 1.82) is 0 Å². The number of hydrogen-bond acceptors (Lipinski definition) is 8. The normalized spacial score (nSPS) is 26.2. The van der Waals surface area contributed by atoms with E-state index in [0.29, 0.717) is 12.8 Å². The van der Waals surface area contributed by atoms with Gasteiger partial charge in [-0.2, -0.15) is 0 Å². The first-order chi connectivity index (χ1) is 15.5. The second-order valence-corrected chi connectivity index (χ2v) is 8.14. The molecule has 2 aromatic rings. The van der Waals surface area contributed by atoms with Crippen molar-refractivity contribution in [2.75, 3.05) is 13.2 Å². The molecule has 0 aromatic heterocycles. The Labute approximate surface area is 186 Å². The molecule has 6 atom stereocenters. The topological polar surface area (TPSA) is 123 Å². The van der Waals surface area contributed by atoms with Crippen molar-refractivity contribution in [2.24, 2.45) is 11.5 Å². The lowest BCUT2D eigenvalue weighted by Crippen LogP contribution is -2.42. The van der Waals surface area contributed by atoms with Crippen molar-refractivity contribution < 1.29 is 28.5 Å². The lowest BCUT2D eigenvalue weighted by atomic mass is 10.1. The summed E-state index contributed by atoms with van der Waals surface area (Å²) in [6.45, 7) is 0.312. The molecule has 4 N–H and O–H groups in total. The summed E-state index contributed by atoms with van der Waals surface area (Å²) < 4.78 is 22.6. The van der Waals surface area contributed by atoms with Gasteiger partial charge < -0.3 is 30.4 Å². The van der Waals surface area contributed by atoms with Crippen LogP contribution >= 0.6 is 0 Å². The second kappa shape index (κ2) is 10.2. The quantitative estimate of drug-likeness (QED) is 0.577. The van der Waals surface area contributed by atoms with Crippen LogP contribution in [0, 0.1) is 0 Å². The molecular weight excluding hydrogens is 412 g/mol. The van der Waals surface area contributed by atoms with Gasteiger partial charge in [0.05, 0.1) is 13.2 Å². The van der Waals surface area contributed by atoms with E-state index in [1.165, 1.54) is 0 Å². The highest BCUT2D eigenvalue weighted by Gasteiger charge is 2.51. The van der Waals surface area contributed by atoms with Crippen LogP contribution in [0.15, 0.2) is 60.7 Å². The molecule has 6 unspecified atom stereocenters. The zero-order chi connectivity index (χ0) is 22.5. The number of esters is 2. The molecule has 2 aliphatic rings. The van der Waals surface area contributed by atoms with E-state index >= 15 is 0 Å². The summed E-state index contributed by atoms with van der Waals surface area (Å²) in [7, 11) is 0. The summed E-state index contributed by atoms with van der Waals surface area (Å²) in [4.78, 5) is 24.9. The Morgan fingerprint density at radius 2 is 1.12 bits per heavy atom. The summed E-state index contributed by atoms with van der Waals surface area (Å²) in [5.74, 6) is -1.03. The van der Waals surface area contributed by atoms with E-state index in [9.17, 15) is 9.59 Å². The number of benzene rings is 2. The summed E-state index contributed by atoms with van der Waals surface area (Å²) in [5, 5.41) is 0. The number of rotatable bonds is 8. The second-order valence-electron chi connectivity index (χ2n) is 8.14. The number of carbonyl (C=O) groups excluding carboxylic acids is 2. The number of ether oxygens (including phenoxy) is 4. The van der Waals surface area contributed by atoms with E-state index in [4.69, 9.17) is 30.4 Å². The standard InChI is InChI=1S/C24H28N2O6/c25-17(11-15-7-3-1-4-8-15)23(27)31-19-13-29-22-20(14-30-21(19)22)32-24(28)18(26)12-16-9-5-2-6-10-16/h1-10,17-22H,11-14,25-26H2. The Morgan fingerprint density at radius 3 is 1.50 bits per heavy atom. The highest BCUT2D eigenvalue weighted by atomic mass is 16.7. The predicted molar refractivity (Wildman–Crippen MR) is 115 cm³/mol. The third kappa shape index (κ3) is 5.34. The van der Waals surface area contributed by atoms with Crippen LogP contribution in [0.5, 0.6) is 0 Å². The van der Waals surface area contributed by atoms with Gasteiger partial charge in [0, 0.05) is 0 Å². The molecule has 8 nitrogen and oxygen atoms in total. The average Bonchev–Trinajstić information content (AvgIpc) is 3.38. The predicted octanol–water partition coefficient (Wildman–Crippen LogP) is 0.748. The van der Waals surface area contributed by atoms with E-state index in [-0.39, 0.29) is 13.2 Å². The Morgan fingerprint density at radius 1 is 0.750 bits per heavy atom. The molecule has 2 fully saturated rings. The summed E-state index contributed by atoms with van der Waals surface area (Å²) >= 11 is 0. The average molecular weight is 440 g/mol. The maximum atomic E-state index is 12.5. The van der Waals surface area contributed by atoms with Crippen LogP contribution < -0.4 is 11.5 Å². The van der Waals surface area contributed by atoms with Crippen molar-refractivity contribution in [1.82, 2.24) is 0 Å². The zero-order valence-corrected chi connectivity index (χ0v) is 17.7. The summed E-state index contributed by atoms with van der Waals surface area (Å²) in [5.41, 5.74) is 13.9. The van der Waals surface area contributed by atoms with Gasteiger partial charge in [0.1, 0.15) is 24.3 Å². The fraction of sp³-hybridized carbons (Fsp3) is 0.417. The first kappa shape index (κ1) is 22.4. The number of nitrogens with two attached hydrogens (primary N) is 2. The van der Waals surface area contributed by atoms with Gasteiger partial charge in [0.15, 0.2) is 12.2 Å². The van der Waals surface area contributed by atoms with Crippen LogP contribution in [0.3, 0.4) is 0 Å². The SMILES string of the molecule is NC(Cc1ccccc1)C(=O)OC1COC2C(OC(=O)C(N)Cc3ccccc3)COC12. The van der Waals surface area contributed by atoms with Crippen molar-refractivity contribution in [3.8, 4) is 0 Å². The Hall–Kier alpha value is -2.78. The lowest BCUT2D eigenvalue weighted by Gasteiger charge is -2.20. The molecule has 32 heavy (non-hydrogen) atoms. The van der Waals surface area contributed by atoms with Gasteiger partial charge in [0.25, 0.3) is 0 Å². The third-order valence-electron chi connectivity index (χ3n) is 5.70. The molecule has 0 bridgehead atoms. The zero-order valence-electron chi connectivity index (χ0n) is 17.7. The van der Waals surface area contributed by atoms with Crippen LogP contribution in [0.2, 0.25) is 0 Å². The number of carbonyl (C=O) groups is 2. The fourth-order valence-corrected chi connectivity index (χ4v) is 4.01. The first-order valence-electron chi connectivity index (χ1n) is 10.7. The molecule has 8 heteroatoms. The van der Waals surface area contributed by atoms with Gasteiger partial charge in [-0.3, -0.25) is 9.59 Å². The molecule has 2 heterocycles.